The molecule has 5 heteroatoms. The van der Waals surface area contributed by atoms with Crippen LogP contribution in [0.4, 0.5) is 0 Å². The van der Waals surface area contributed by atoms with Crippen LogP contribution in [-0.4, -0.2) is 15.5 Å². The lowest BCUT2D eigenvalue weighted by atomic mass is 10.0. The maximum atomic E-state index is 12.2. The molecule has 24 heavy (non-hydrogen) atoms. The summed E-state index contributed by atoms with van der Waals surface area (Å²) in [6.45, 7) is 4.77. The maximum absolute atomic E-state index is 12.2. The third-order valence-corrected chi connectivity index (χ3v) is 5.07. The van der Waals surface area contributed by atoms with E-state index in [0.717, 1.165) is 40.4 Å². The van der Waals surface area contributed by atoms with E-state index in [2.05, 4.69) is 22.5 Å². The van der Waals surface area contributed by atoms with Gasteiger partial charge in [-0.2, -0.15) is 0 Å². The average molecular weight is 339 g/mol. The van der Waals surface area contributed by atoms with Gasteiger partial charge in [0.15, 0.2) is 0 Å². The fourth-order valence-corrected chi connectivity index (χ4v) is 3.95. The molecule has 1 amide bonds. The van der Waals surface area contributed by atoms with Crippen molar-refractivity contribution in [1.29, 1.82) is 0 Å². The third-order valence-electron chi connectivity index (χ3n) is 4.18. The molecule has 0 aliphatic heterocycles. The van der Waals surface area contributed by atoms with Crippen LogP contribution in [0.2, 0.25) is 0 Å². The van der Waals surface area contributed by atoms with Gasteiger partial charge in [-0.05, 0) is 36.9 Å². The van der Waals surface area contributed by atoms with Crippen molar-refractivity contribution in [2.45, 2.75) is 33.2 Å². The first-order chi connectivity index (χ1) is 11.6. The van der Waals surface area contributed by atoms with Gasteiger partial charge in [-0.3, -0.25) is 9.78 Å². The molecular formula is C19H21N3OS. The number of primary amides is 1. The molecule has 0 spiro atoms. The van der Waals surface area contributed by atoms with Crippen molar-refractivity contribution in [2.24, 2.45) is 5.73 Å². The molecule has 0 atom stereocenters. The van der Waals surface area contributed by atoms with Gasteiger partial charge in [0, 0.05) is 28.0 Å². The molecule has 2 N–H and O–H groups in total. The highest BCUT2D eigenvalue weighted by Crippen LogP contribution is 2.36. The van der Waals surface area contributed by atoms with Crippen molar-refractivity contribution < 1.29 is 4.79 Å². The van der Waals surface area contributed by atoms with Gasteiger partial charge < -0.3 is 10.3 Å². The van der Waals surface area contributed by atoms with Gasteiger partial charge in [-0.15, -0.1) is 11.3 Å². The first kappa shape index (κ1) is 16.5. The number of rotatable bonds is 6. The number of aromatic nitrogens is 2. The van der Waals surface area contributed by atoms with Crippen LogP contribution < -0.4 is 5.73 Å². The lowest BCUT2D eigenvalue weighted by molar-refractivity contribution is 0.1000. The van der Waals surface area contributed by atoms with Crippen molar-refractivity contribution in [1.82, 2.24) is 9.55 Å². The van der Waals surface area contributed by atoms with E-state index in [1.807, 2.05) is 36.6 Å². The van der Waals surface area contributed by atoms with E-state index in [4.69, 9.17) is 5.73 Å². The Hall–Kier alpha value is -2.40. The Balaban J connectivity index is 2.21. The number of thiophene rings is 1. The molecule has 124 valence electrons. The third kappa shape index (κ3) is 2.99. The maximum Gasteiger partial charge on any atom is 0.251 e. The lowest BCUT2D eigenvalue weighted by Crippen LogP contribution is -2.13. The molecule has 3 rings (SSSR count). The second kappa shape index (κ2) is 7.01. The fourth-order valence-electron chi connectivity index (χ4n) is 3.15. The van der Waals surface area contributed by atoms with Crippen molar-refractivity contribution in [3.63, 3.8) is 0 Å². The van der Waals surface area contributed by atoms with Gasteiger partial charge in [-0.1, -0.05) is 25.5 Å². The van der Waals surface area contributed by atoms with Crippen LogP contribution in [0.25, 0.3) is 10.4 Å². The monoisotopic (exact) mass is 339 g/mol. The molecular weight excluding hydrogens is 318 g/mol. The highest BCUT2D eigenvalue weighted by Gasteiger charge is 2.25. The van der Waals surface area contributed by atoms with Gasteiger partial charge in [0.05, 0.1) is 17.8 Å². The van der Waals surface area contributed by atoms with Crippen LogP contribution in [0.3, 0.4) is 0 Å². The van der Waals surface area contributed by atoms with Crippen molar-refractivity contribution in [3.8, 4) is 10.4 Å². The number of hydrogen-bond acceptors (Lipinski definition) is 3. The molecule has 0 bridgehead atoms. The molecule has 4 nitrogen and oxygen atoms in total. The average Bonchev–Trinajstić information content (AvgIpc) is 3.18. The largest absolute Gasteiger partial charge is 0.366 e. The Morgan fingerprint density at radius 2 is 2.12 bits per heavy atom. The zero-order valence-corrected chi connectivity index (χ0v) is 14.8. The number of carbonyl (C=O) groups is 1. The first-order valence-corrected chi connectivity index (χ1v) is 8.97. The summed E-state index contributed by atoms with van der Waals surface area (Å²) >= 11 is 1.64. The number of nitrogens with two attached hydrogens (primary N) is 1. The quantitative estimate of drug-likeness (QED) is 0.737. The van der Waals surface area contributed by atoms with Gasteiger partial charge >= 0.3 is 0 Å². The van der Waals surface area contributed by atoms with Crippen molar-refractivity contribution in [3.05, 3.63) is 64.6 Å². The van der Waals surface area contributed by atoms with E-state index in [9.17, 15) is 4.79 Å². The molecule has 0 saturated heterocycles. The summed E-state index contributed by atoms with van der Waals surface area (Å²) < 4.78 is 2.20. The summed E-state index contributed by atoms with van der Waals surface area (Å²) in [5, 5.41) is 2.03. The van der Waals surface area contributed by atoms with Crippen LogP contribution in [0.1, 0.15) is 40.8 Å². The van der Waals surface area contributed by atoms with Crippen LogP contribution in [0.15, 0.2) is 41.9 Å². The fraction of sp³-hybridized carbons (Fsp3) is 0.263. The molecule has 3 aromatic rings. The predicted molar refractivity (Wildman–Crippen MR) is 98.3 cm³/mol. The normalized spacial score (nSPS) is 10.9. The molecule has 0 aliphatic carbocycles. The minimum Gasteiger partial charge on any atom is -0.366 e. The zero-order valence-electron chi connectivity index (χ0n) is 14.0. The number of hydrogen-bond donors (Lipinski definition) is 1. The lowest BCUT2D eigenvalue weighted by Gasteiger charge is -2.12. The van der Waals surface area contributed by atoms with E-state index in [1.54, 1.807) is 17.5 Å². The Kier molecular flexibility index (Phi) is 4.81. The van der Waals surface area contributed by atoms with Crippen LogP contribution in [-0.2, 0) is 13.0 Å². The Bertz CT molecular complexity index is 835. The van der Waals surface area contributed by atoms with E-state index < -0.39 is 0 Å². The Labute approximate surface area is 146 Å². The molecule has 0 aromatic carbocycles. The SMILES string of the molecule is CCCc1c(-c2cccs2)c(C(N)=O)c(C)n1Cc1ccccn1. The first-order valence-electron chi connectivity index (χ1n) is 8.09. The van der Waals surface area contributed by atoms with E-state index >= 15 is 0 Å². The molecule has 0 fully saturated rings. The summed E-state index contributed by atoms with van der Waals surface area (Å²) in [5.74, 6) is -0.368. The number of carbonyl (C=O) groups excluding carboxylic acids is 1. The summed E-state index contributed by atoms with van der Waals surface area (Å²) in [7, 11) is 0. The number of pyridine rings is 1. The molecule has 0 unspecified atom stereocenters. The predicted octanol–water partition coefficient (Wildman–Crippen LogP) is 4.02. The van der Waals surface area contributed by atoms with Crippen LogP contribution in [0, 0.1) is 6.92 Å². The summed E-state index contributed by atoms with van der Waals surface area (Å²) in [4.78, 5) is 17.7. The zero-order chi connectivity index (χ0) is 17.1. The van der Waals surface area contributed by atoms with E-state index in [1.165, 1.54) is 0 Å². The minimum absolute atomic E-state index is 0.368. The van der Waals surface area contributed by atoms with Crippen LogP contribution in [0.5, 0.6) is 0 Å². The Morgan fingerprint density at radius 1 is 1.29 bits per heavy atom. The van der Waals surface area contributed by atoms with E-state index in [0.29, 0.717) is 12.1 Å². The summed E-state index contributed by atoms with van der Waals surface area (Å²) in [5.41, 5.74) is 10.4. The van der Waals surface area contributed by atoms with Gasteiger partial charge in [-0.25, -0.2) is 0 Å². The number of nitrogens with zero attached hydrogens (tertiary/aromatic N) is 2. The van der Waals surface area contributed by atoms with Crippen molar-refractivity contribution >= 4 is 17.2 Å². The highest BCUT2D eigenvalue weighted by molar-refractivity contribution is 7.13. The smallest absolute Gasteiger partial charge is 0.251 e. The minimum atomic E-state index is -0.368. The molecule has 0 radical (unpaired) electrons. The summed E-state index contributed by atoms with van der Waals surface area (Å²) in [6.07, 6.45) is 3.69. The highest BCUT2D eigenvalue weighted by atomic mass is 32.1. The molecule has 3 heterocycles. The topological polar surface area (TPSA) is 60.9 Å². The van der Waals surface area contributed by atoms with Gasteiger partial charge in [0.25, 0.3) is 5.91 Å². The molecule has 0 saturated carbocycles. The Morgan fingerprint density at radius 3 is 2.71 bits per heavy atom. The van der Waals surface area contributed by atoms with Crippen LogP contribution >= 0.6 is 11.3 Å². The van der Waals surface area contributed by atoms with Gasteiger partial charge in [0.1, 0.15) is 0 Å². The molecule has 0 aliphatic rings. The van der Waals surface area contributed by atoms with Gasteiger partial charge in [0.2, 0.25) is 0 Å². The molecule has 3 aromatic heterocycles. The standard InChI is InChI=1S/C19H21N3OS/c1-3-7-15-18(16-9-6-11-24-16)17(19(20)23)13(2)22(15)12-14-8-4-5-10-21-14/h4-6,8-11H,3,7,12H2,1-2H3,(H2,20,23). The number of amides is 1. The summed E-state index contributed by atoms with van der Waals surface area (Å²) in [6, 6.07) is 9.95. The van der Waals surface area contributed by atoms with Crippen molar-refractivity contribution in [2.75, 3.05) is 0 Å². The second-order valence-corrected chi connectivity index (χ2v) is 6.73. The second-order valence-electron chi connectivity index (χ2n) is 5.78. The van der Waals surface area contributed by atoms with E-state index in [-0.39, 0.29) is 5.91 Å².